The zero-order valence-electron chi connectivity index (χ0n) is 18.6. The first-order chi connectivity index (χ1) is 16.2. The van der Waals surface area contributed by atoms with Gasteiger partial charge in [-0.1, -0.05) is 0 Å². The normalized spacial score (nSPS) is 15.7. The molecule has 186 valence electrons. The van der Waals surface area contributed by atoms with Crippen molar-refractivity contribution in [1.82, 2.24) is 5.32 Å². The summed E-state index contributed by atoms with van der Waals surface area (Å²) in [4.78, 5) is 23.1. The van der Waals surface area contributed by atoms with Crippen molar-refractivity contribution in [2.75, 3.05) is 25.4 Å². The molecule has 0 spiro atoms. The topological polar surface area (TPSA) is 130 Å². The Morgan fingerprint density at radius 2 is 1.97 bits per heavy atom. The van der Waals surface area contributed by atoms with Gasteiger partial charge in [0.15, 0.2) is 0 Å². The average molecular weight is 636 g/mol. The van der Waals surface area contributed by atoms with Crippen molar-refractivity contribution in [3.63, 3.8) is 0 Å². The third kappa shape index (κ3) is 6.43. The third-order valence-corrected chi connectivity index (χ3v) is 20.7. The van der Waals surface area contributed by atoms with Crippen LogP contribution in [0.2, 0.25) is 4.71 Å². The Morgan fingerprint density at radius 3 is 2.59 bits per heavy atom. The summed E-state index contributed by atoms with van der Waals surface area (Å²) >= 11 is 1.83. The summed E-state index contributed by atoms with van der Waals surface area (Å²) < 4.78 is 33.5. The molecule has 0 bridgehead atoms. The van der Waals surface area contributed by atoms with Crippen LogP contribution >= 0.6 is 27.3 Å². The van der Waals surface area contributed by atoms with Gasteiger partial charge in [0.05, 0.1) is 0 Å². The number of ether oxygens (including phenoxy) is 1. The number of carboxylic acid groups (broad SMARTS) is 2. The molecule has 0 radical (unpaired) electrons. The summed E-state index contributed by atoms with van der Waals surface area (Å²) in [6.45, 7) is 2.93. The second-order valence-corrected chi connectivity index (χ2v) is 20.8. The Labute approximate surface area is 215 Å². The van der Waals surface area contributed by atoms with E-state index in [4.69, 9.17) is 9.84 Å². The zero-order chi connectivity index (χ0) is 24.9. The van der Waals surface area contributed by atoms with Gasteiger partial charge in [0.25, 0.3) is 0 Å². The first-order valence-corrected chi connectivity index (χ1v) is 18.4. The van der Waals surface area contributed by atoms with Crippen molar-refractivity contribution < 1.29 is 33.0 Å². The molecule has 1 aliphatic rings. The maximum atomic E-state index is 13.5. The molecule has 0 aliphatic carbocycles. The van der Waals surface area contributed by atoms with Crippen LogP contribution in [-0.2, 0) is 12.9 Å². The maximum absolute atomic E-state index is 13.5. The number of carboxylic acids is 2. The number of hydrogen-bond donors (Lipinski definition) is 3. The molecule has 34 heavy (non-hydrogen) atoms. The number of aromatic carboxylic acids is 1. The minimum atomic E-state index is -3.26. The van der Waals surface area contributed by atoms with Crippen molar-refractivity contribution in [3.8, 4) is 16.2 Å². The number of nitrogens with one attached hydrogen (secondary N) is 1. The van der Waals surface area contributed by atoms with E-state index in [1.54, 1.807) is 6.07 Å². The zero-order valence-corrected chi connectivity index (χ0v) is 23.7. The van der Waals surface area contributed by atoms with Gasteiger partial charge in [-0.2, -0.15) is 0 Å². The molecule has 1 aliphatic heterocycles. The van der Waals surface area contributed by atoms with E-state index in [1.807, 2.05) is 25.1 Å². The van der Waals surface area contributed by atoms with Crippen LogP contribution in [0.25, 0.3) is 10.4 Å². The fourth-order valence-electron chi connectivity index (χ4n) is 3.83. The molecule has 8 nitrogen and oxygen atoms in total. The van der Waals surface area contributed by atoms with Crippen LogP contribution in [0.15, 0.2) is 28.7 Å². The van der Waals surface area contributed by atoms with E-state index in [9.17, 15) is 23.1 Å². The van der Waals surface area contributed by atoms with Crippen molar-refractivity contribution in [3.05, 3.63) is 33.6 Å². The van der Waals surface area contributed by atoms with Gasteiger partial charge in [0.2, 0.25) is 0 Å². The van der Waals surface area contributed by atoms with Crippen molar-refractivity contribution >= 4 is 65.2 Å². The van der Waals surface area contributed by atoms with Crippen LogP contribution in [-0.4, -0.2) is 69.5 Å². The van der Waals surface area contributed by atoms with Gasteiger partial charge < -0.3 is 0 Å². The molecule has 0 amide bonds. The Hall–Kier alpha value is -1.39. The minimum absolute atomic E-state index is 0.0383. The summed E-state index contributed by atoms with van der Waals surface area (Å²) in [6.07, 6.45) is 3.11. The molecule has 3 N–H and O–H groups in total. The van der Waals surface area contributed by atoms with Crippen LogP contribution in [0.1, 0.15) is 42.3 Å². The molecule has 1 fully saturated rings. The summed E-state index contributed by atoms with van der Waals surface area (Å²) in [5.74, 6) is -2.29. The molecular weight excluding hydrogens is 609 g/mol. The van der Waals surface area contributed by atoms with Gasteiger partial charge in [0, 0.05) is 0 Å². The Balaban J connectivity index is 2.06. The SMILES string of the molecule is CCCCS(=O)(=O)[As](c1cccc(-c2sc(C(=O)O)c(OCC(=O)O)c2Br)c1)C1CCNCC1. The first-order valence-electron chi connectivity index (χ1n) is 10.9. The quantitative estimate of drug-likeness (QED) is 0.320. The van der Waals surface area contributed by atoms with Crippen LogP contribution < -0.4 is 14.4 Å². The molecular formula is C22H27AsBrNO7S2. The fraction of sp³-hybridized carbons (Fsp3) is 0.455. The van der Waals surface area contributed by atoms with Gasteiger partial charge >= 0.3 is 216 Å². The predicted octanol–water partition coefficient (Wildman–Crippen LogP) is 3.51. The number of thiophene rings is 1. The average Bonchev–Trinajstić information content (AvgIpc) is 3.13. The van der Waals surface area contributed by atoms with Crippen LogP contribution in [0.4, 0.5) is 0 Å². The summed E-state index contributed by atoms with van der Waals surface area (Å²) in [6, 6.07) is 7.37. The van der Waals surface area contributed by atoms with Crippen LogP contribution in [0.5, 0.6) is 5.75 Å². The summed E-state index contributed by atoms with van der Waals surface area (Å²) in [5.41, 5.74) is 0.682. The second kappa shape index (κ2) is 12.0. The van der Waals surface area contributed by atoms with Crippen LogP contribution in [0, 0.1) is 0 Å². The molecule has 1 unspecified atom stereocenters. The van der Waals surface area contributed by atoms with Gasteiger partial charge in [-0.25, -0.2) is 0 Å². The van der Waals surface area contributed by atoms with E-state index in [1.165, 1.54) is 0 Å². The molecule has 12 heteroatoms. The van der Waals surface area contributed by atoms with Crippen LogP contribution in [0.3, 0.4) is 0 Å². The van der Waals surface area contributed by atoms with Gasteiger partial charge in [-0.15, -0.1) is 0 Å². The van der Waals surface area contributed by atoms with E-state index in [-0.39, 0.29) is 21.1 Å². The number of rotatable bonds is 11. The van der Waals surface area contributed by atoms with E-state index in [0.717, 1.165) is 48.0 Å². The molecule has 3 rings (SSSR count). The number of hydrogen-bond acceptors (Lipinski definition) is 7. The molecule has 2 aromatic rings. The Morgan fingerprint density at radius 1 is 1.26 bits per heavy atom. The molecule has 1 aromatic heterocycles. The number of piperidine rings is 1. The predicted molar refractivity (Wildman–Crippen MR) is 137 cm³/mol. The second-order valence-electron chi connectivity index (χ2n) is 7.89. The van der Waals surface area contributed by atoms with E-state index >= 15 is 0 Å². The van der Waals surface area contributed by atoms with Crippen molar-refractivity contribution in [2.45, 2.75) is 37.3 Å². The summed E-state index contributed by atoms with van der Waals surface area (Å²) in [5, 5.41) is 21.9. The third-order valence-electron chi connectivity index (χ3n) is 5.40. The number of unbranched alkanes of at least 4 members (excludes halogenated alkanes) is 1. The molecule has 0 saturated carbocycles. The van der Waals surface area contributed by atoms with Gasteiger partial charge in [0.1, 0.15) is 0 Å². The van der Waals surface area contributed by atoms with E-state index in [2.05, 4.69) is 21.2 Å². The van der Waals surface area contributed by atoms with Crippen molar-refractivity contribution in [1.29, 1.82) is 0 Å². The Kier molecular flexibility index (Phi) is 9.63. The van der Waals surface area contributed by atoms with Crippen molar-refractivity contribution in [2.24, 2.45) is 0 Å². The number of benzene rings is 1. The van der Waals surface area contributed by atoms with E-state index in [0.29, 0.717) is 21.3 Å². The van der Waals surface area contributed by atoms with Gasteiger partial charge in [-0.05, 0) is 0 Å². The molecule has 1 aromatic carbocycles. The number of halogens is 1. The standard InChI is InChI=1S/C22H27AsBrNO7S2/c1-2-3-11-34(30,31)23(15-7-9-25-10-8-15)16-6-4-5-14(12-16)20-18(24)19(32-13-17(26)27)21(33-20)22(28)29/h4-6,12,15,25H,2-3,7-11,13H2,1H3,(H,26,27)(H,28,29). The monoisotopic (exact) mass is 635 g/mol. The van der Waals surface area contributed by atoms with Gasteiger partial charge in [-0.3, -0.25) is 0 Å². The summed E-state index contributed by atoms with van der Waals surface area (Å²) in [7, 11) is -3.26. The number of carbonyl (C=O) groups is 2. The fourth-order valence-corrected chi connectivity index (χ4v) is 19.4. The molecule has 1 atom stereocenters. The molecule has 2 heterocycles. The Bertz CT molecular complexity index is 1150. The first kappa shape index (κ1) is 27.2. The van der Waals surface area contributed by atoms with E-state index < -0.39 is 40.1 Å². The number of aliphatic carboxylic acids is 1. The molecule has 1 saturated heterocycles.